The van der Waals surface area contributed by atoms with Crippen LogP contribution in [0.15, 0.2) is 48.9 Å². The smallest absolute Gasteiger partial charge is 0.127 e. The predicted molar refractivity (Wildman–Crippen MR) is 139 cm³/mol. The van der Waals surface area contributed by atoms with Crippen molar-refractivity contribution in [2.24, 2.45) is 5.41 Å². The number of halogens is 2. The molecule has 1 aliphatic rings. The molecule has 3 aromatic rings. The fourth-order valence-electron chi connectivity index (χ4n) is 5.14. The summed E-state index contributed by atoms with van der Waals surface area (Å²) in [6.45, 7) is 3.04. The fourth-order valence-corrected chi connectivity index (χ4v) is 5.41. The highest BCUT2D eigenvalue weighted by Crippen LogP contribution is 2.41. The molecular weight excluding hydrogens is 465 g/mol. The van der Waals surface area contributed by atoms with Crippen LogP contribution in [0.3, 0.4) is 0 Å². The van der Waals surface area contributed by atoms with E-state index in [9.17, 15) is 5.11 Å². The minimum Gasteiger partial charge on any atom is -0.497 e. The van der Waals surface area contributed by atoms with Crippen molar-refractivity contribution in [3.8, 4) is 5.75 Å². The van der Waals surface area contributed by atoms with Crippen LogP contribution in [-0.2, 0) is 6.42 Å². The molecule has 7 heteroatoms. The number of unbranched alkanes of at least 4 members (excludes halogenated alkanes) is 1. The zero-order valence-electron chi connectivity index (χ0n) is 20.4. The van der Waals surface area contributed by atoms with Crippen molar-refractivity contribution in [1.82, 2.24) is 14.9 Å². The van der Waals surface area contributed by atoms with Gasteiger partial charge in [-0.2, -0.15) is 0 Å². The molecule has 1 aliphatic heterocycles. The number of hydrogen-bond donors (Lipinski definition) is 1. The van der Waals surface area contributed by atoms with Gasteiger partial charge >= 0.3 is 0 Å². The van der Waals surface area contributed by atoms with Gasteiger partial charge < -0.3 is 14.7 Å². The van der Waals surface area contributed by atoms with E-state index in [0.29, 0.717) is 40.1 Å². The van der Waals surface area contributed by atoms with Gasteiger partial charge in [-0.3, -0.25) is 9.97 Å². The van der Waals surface area contributed by atoms with E-state index in [1.54, 1.807) is 19.4 Å². The second kappa shape index (κ2) is 12.1. The van der Waals surface area contributed by atoms with Crippen LogP contribution in [0.1, 0.15) is 55.8 Å². The predicted octanol–water partition coefficient (Wildman–Crippen LogP) is 6.18. The molecule has 5 nitrogen and oxygen atoms in total. The molecule has 0 bridgehead atoms. The first-order valence-electron chi connectivity index (χ1n) is 12.5. The Morgan fingerprint density at radius 3 is 2.74 bits per heavy atom. The van der Waals surface area contributed by atoms with E-state index in [1.165, 1.54) is 11.8 Å². The van der Waals surface area contributed by atoms with Crippen LogP contribution in [-0.4, -0.2) is 53.3 Å². The standard InChI is InChI=1S/C28H35ClFN3O2/c1-35-22-7-8-26-23(17-22)27(24(29)19-32-26)25(30)9-10-28(20-34)11-15-33(16-12-28)14-3-2-5-21-6-4-13-31-18-21/h4,6-8,13,17-19,25,34H,2-3,5,9-12,14-16,20H2,1H3/t25-/m1/s1. The number of hydrogen-bond acceptors (Lipinski definition) is 5. The third-order valence-corrected chi connectivity index (χ3v) is 7.78. The summed E-state index contributed by atoms with van der Waals surface area (Å²) in [7, 11) is 1.59. The fraction of sp³-hybridized carbons (Fsp3) is 0.500. The normalized spacial score (nSPS) is 16.9. The molecule has 3 heterocycles. The molecule has 0 amide bonds. The summed E-state index contributed by atoms with van der Waals surface area (Å²) in [5.74, 6) is 0.648. The van der Waals surface area contributed by atoms with Crippen LogP contribution in [0.2, 0.25) is 5.02 Å². The van der Waals surface area contributed by atoms with Crippen LogP contribution in [0.25, 0.3) is 10.9 Å². The molecule has 188 valence electrons. The maximum Gasteiger partial charge on any atom is 0.127 e. The highest BCUT2D eigenvalue weighted by molar-refractivity contribution is 6.32. The Balaban J connectivity index is 1.30. The average Bonchev–Trinajstić information content (AvgIpc) is 2.90. The third kappa shape index (κ3) is 6.49. The molecule has 0 spiro atoms. The number of likely N-dealkylation sites (tertiary alicyclic amines) is 1. The van der Waals surface area contributed by atoms with E-state index in [4.69, 9.17) is 16.3 Å². The van der Waals surface area contributed by atoms with Crippen LogP contribution in [0.4, 0.5) is 4.39 Å². The maximum atomic E-state index is 15.6. The quantitative estimate of drug-likeness (QED) is 0.319. The molecule has 1 saturated heterocycles. The minimum absolute atomic E-state index is 0.0905. The summed E-state index contributed by atoms with van der Waals surface area (Å²) in [5.41, 5.74) is 2.21. The largest absolute Gasteiger partial charge is 0.497 e. The molecule has 0 saturated carbocycles. The lowest BCUT2D eigenvalue weighted by Crippen LogP contribution is -2.42. The molecule has 1 fully saturated rings. The Morgan fingerprint density at radius 2 is 2.03 bits per heavy atom. The highest BCUT2D eigenvalue weighted by Gasteiger charge is 2.35. The number of aliphatic hydroxyl groups is 1. The number of nitrogens with zero attached hydrogens (tertiary/aromatic N) is 3. The van der Waals surface area contributed by atoms with Gasteiger partial charge in [-0.15, -0.1) is 0 Å². The summed E-state index contributed by atoms with van der Waals surface area (Å²) >= 11 is 6.40. The number of aliphatic hydroxyl groups excluding tert-OH is 1. The Kier molecular flexibility index (Phi) is 8.93. The van der Waals surface area contributed by atoms with E-state index in [2.05, 4.69) is 20.9 Å². The van der Waals surface area contributed by atoms with Crippen LogP contribution >= 0.6 is 11.6 Å². The number of fused-ring (bicyclic) bond motifs is 1. The van der Waals surface area contributed by atoms with Gasteiger partial charge in [-0.1, -0.05) is 17.7 Å². The van der Waals surface area contributed by atoms with Crippen molar-refractivity contribution >= 4 is 22.5 Å². The van der Waals surface area contributed by atoms with Crippen molar-refractivity contribution < 1.29 is 14.2 Å². The minimum atomic E-state index is -1.23. The Morgan fingerprint density at radius 1 is 1.20 bits per heavy atom. The van der Waals surface area contributed by atoms with Crippen molar-refractivity contribution in [3.05, 3.63) is 65.1 Å². The zero-order valence-corrected chi connectivity index (χ0v) is 21.2. The first-order valence-corrected chi connectivity index (χ1v) is 12.9. The molecule has 35 heavy (non-hydrogen) atoms. The van der Waals surface area contributed by atoms with Crippen LogP contribution < -0.4 is 4.74 Å². The molecule has 0 aliphatic carbocycles. The van der Waals surface area contributed by atoms with Crippen molar-refractivity contribution in [2.75, 3.05) is 33.4 Å². The monoisotopic (exact) mass is 499 g/mol. The zero-order chi connectivity index (χ0) is 24.7. The summed E-state index contributed by atoms with van der Waals surface area (Å²) in [4.78, 5) is 11.0. The Bertz CT molecular complexity index is 1090. The van der Waals surface area contributed by atoms with Crippen LogP contribution in [0.5, 0.6) is 5.75 Å². The summed E-state index contributed by atoms with van der Waals surface area (Å²) < 4.78 is 20.9. The summed E-state index contributed by atoms with van der Waals surface area (Å²) in [6, 6.07) is 9.54. The van der Waals surface area contributed by atoms with E-state index in [-0.39, 0.29) is 12.0 Å². The molecule has 4 rings (SSSR count). The highest BCUT2D eigenvalue weighted by atomic mass is 35.5. The number of pyridine rings is 2. The first-order chi connectivity index (χ1) is 17.0. The number of methoxy groups -OCH3 is 1. The van der Waals surface area contributed by atoms with E-state index in [0.717, 1.165) is 51.7 Å². The SMILES string of the molecule is COc1ccc2ncc(Cl)c([C@H](F)CCC3(CO)CCN(CCCCc4cccnc4)CC3)c2c1. The van der Waals surface area contributed by atoms with E-state index >= 15 is 4.39 Å². The molecule has 0 radical (unpaired) electrons. The second-order valence-corrected chi connectivity index (χ2v) is 10.1. The average molecular weight is 500 g/mol. The molecule has 1 aromatic carbocycles. The van der Waals surface area contributed by atoms with Gasteiger partial charge in [-0.25, -0.2) is 4.39 Å². The van der Waals surface area contributed by atoms with E-state index < -0.39 is 6.17 Å². The second-order valence-electron chi connectivity index (χ2n) is 9.73. The van der Waals surface area contributed by atoms with Gasteiger partial charge in [0.2, 0.25) is 0 Å². The molecule has 0 unspecified atom stereocenters. The molecule has 1 atom stereocenters. The molecule has 2 aromatic heterocycles. The van der Waals surface area contributed by atoms with Gasteiger partial charge in [0.05, 0.1) is 17.6 Å². The summed E-state index contributed by atoms with van der Waals surface area (Å²) in [5, 5.41) is 11.3. The number of piperidine rings is 1. The van der Waals surface area contributed by atoms with Crippen molar-refractivity contribution in [3.63, 3.8) is 0 Å². The van der Waals surface area contributed by atoms with Gasteiger partial charge in [0.25, 0.3) is 0 Å². The van der Waals surface area contributed by atoms with Crippen molar-refractivity contribution in [1.29, 1.82) is 0 Å². The topological polar surface area (TPSA) is 58.5 Å². The lowest BCUT2D eigenvalue weighted by atomic mass is 9.74. The lowest BCUT2D eigenvalue weighted by molar-refractivity contribution is 0.0298. The first kappa shape index (κ1) is 25.8. The Labute approximate surface area is 212 Å². The van der Waals surface area contributed by atoms with Gasteiger partial charge in [-0.05, 0) is 99.8 Å². The Hall–Kier alpha value is -2.28. The lowest BCUT2D eigenvalue weighted by Gasteiger charge is -2.41. The van der Waals surface area contributed by atoms with Gasteiger partial charge in [0.1, 0.15) is 11.9 Å². The number of alkyl halides is 1. The van der Waals surface area contributed by atoms with Crippen molar-refractivity contribution in [2.45, 2.75) is 51.1 Å². The number of aromatic nitrogens is 2. The number of ether oxygens (including phenoxy) is 1. The van der Waals surface area contributed by atoms with Crippen LogP contribution in [0, 0.1) is 5.41 Å². The number of aryl methyl sites for hydroxylation is 1. The number of rotatable bonds is 11. The number of benzene rings is 1. The molecule has 1 N–H and O–H groups in total. The third-order valence-electron chi connectivity index (χ3n) is 7.47. The maximum absolute atomic E-state index is 15.6. The van der Waals surface area contributed by atoms with E-state index in [1.807, 2.05) is 24.4 Å². The summed E-state index contributed by atoms with van der Waals surface area (Å²) in [6.07, 6.45) is 10.1. The van der Waals surface area contributed by atoms with Gasteiger partial charge in [0.15, 0.2) is 0 Å². The van der Waals surface area contributed by atoms with Gasteiger partial charge in [0, 0.05) is 36.1 Å². The molecular formula is C28H35ClFN3O2.